The maximum absolute atomic E-state index is 13.4. The second-order valence-electron chi connectivity index (χ2n) is 13.9. The number of para-hydroxylation sites is 1. The summed E-state index contributed by atoms with van der Waals surface area (Å²) in [5.41, 5.74) is 10.4. The number of carbonyl (C=O) groups excluding carboxylic acids is 4. The van der Waals surface area contributed by atoms with Gasteiger partial charge < -0.3 is 15.4 Å². The Balaban J connectivity index is 0.886. The number of hydrogen-bond donors (Lipinski definition) is 2. The van der Waals surface area contributed by atoms with Crippen LogP contribution in [0.2, 0.25) is 0 Å². The van der Waals surface area contributed by atoms with Gasteiger partial charge in [-0.1, -0.05) is 18.2 Å². The lowest BCUT2D eigenvalue weighted by Gasteiger charge is -2.52. The van der Waals surface area contributed by atoms with Gasteiger partial charge in [-0.3, -0.25) is 29.4 Å². The number of piperidine rings is 2. The summed E-state index contributed by atoms with van der Waals surface area (Å²) in [5, 5.41) is 8.05. The highest BCUT2D eigenvalue weighted by Gasteiger charge is 2.48. The Hall–Kier alpha value is -6.11. The highest BCUT2D eigenvalue weighted by Crippen LogP contribution is 2.56. The first-order valence-electron chi connectivity index (χ1n) is 17.2. The lowest BCUT2D eigenvalue weighted by atomic mass is 9.60. The number of nitrogens with one attached hydrogen (secondary N) is 1. The van der Waals surface area contributed by atoms with Gasteiger partial charge in [0.25, 0.3) is 11.8 Å². The van der Waals surface area contributed by atoms with E-state index >= 15 is 0 Å². The predicted molar refractivity (Wildman–Crippen MR) is 187 cm³/mol. The van der Waals surface area contributed by atoms with E-state index in [9.17, 15) is 19.2 Å². The molecule has 3 aliphatic heterocycles. The van der Waals surface area contributed by atoms with Gasteiger partial charge in [-0.15, -0.1) is 0 Å². The molecule has 5 aromatic rings. The van der Waals surface area contributed by atoms with Crippen LogP contribution in [0.5, 0.6) is 11.5 Å². The van der Waals surface area contributed by atoms with Crippen LogP contribution >= 0.6 is 0 Å². The molecule has 5 heterocycles. The Kier molecular flexibility index (Phi) is 7.12. The molecule has 256 valence electrons. The van der Waals surface area contributed by atoms with Crippen LogP contribution in [0.3, 0.4) is 0 Å². The third-order valence-corrected chi connectivity index (χ3v) is 10.9. The van der Waals surface area contributed by atoms with Crippen molar-refractivity contribution in [2.45, 2.75) is 50.6 Å². The first-order valence-corrected chi connectivity index (χ1v) is 17.2. The highest BCUT2D eigenvalue weighted by molar-refractivity contribution is 6.23. The molecule has 0 bridgehead atoms. The van der Waals surface area contributed by atoms with Gasteiger partial charge >= 0.3 is 0 Å². The van der Waals surface area contributed by atoms with Crippen molar-refractivity contribution < 1.29 is 23.9 Å². The zero-order valence-corrected chi connectivity index (χ0v) is 27.6. The fraction of sp³-hybridized carbons (Fsp3) is 0.289. The minimum absolute atomic E-state index is 0.0875. The van der Waals surface area contributed by atoms with E-state index in [2.05, 4.69) is 20.2 Å². The Morgan fingerprint density at radius 1 is 0.843 bits per heavy atom. The number of aromatic nitrogens is 4. The molecule has 4 aliphatic rings. The zero-order valence-electron chi connectivity index (χ0n) is 27.6. The van der Waals surface area contributed by atoms with Crippen LogP contribution in [0.15, 0.2) is 79.1 Å². The number of ether oxygens (including phenoxy) is 1. The summed E-state index contributed by atoms with van der Waals surface area (Å²) in [6.45, 7) is 1.62. The molecule has 1 unspecified atom stereocenters. The predicted octanol–water partition coefficient (Wildman–Crippen LogP) is 4.89. The van der Waals surface area contributed by atoms with Crippen LogP contribution in [0.1, 0.15) is 65.3 Å². The molecule has 2 aromatic heterocycles. The van der Waals surface area contributed by atoms with Gasteiger partial charge in [0.2, 0.25) is 11.8 Å². The molecule has 1 atom stereocenters. The van der Waals surface area contributed by atoms with Crippen molar-refractivity contribution in [3.63, 3.8) is 0 Å². The highest BCUT2D eigenvalue weighted by atomic mass is 16.5. The number of hydrogen-bond acceptors (Lipinski definition) is 10. The second-order valence-corrected chi connectivity index (χ2v) is 13.9. The Labute approximate surface area is 292 Å². The molecule has 2 saturated heterocycles. The smallest absolute Gasteiger partial charge is 0.262 e. The number of carbonyl (C=O) groups is 4. The monoisotopic (exact) mass is 682 g/mol. The summed E-state index contributed by atoms with van der Waals surface area (Å²) in [4.78, 5) is 62.8. The molecular formula is C38H34N8O5. The van der Waals surface area contributed by atoms with E-state index in [-0.39, 0.29) is 29.9 Å². The number of imide groups is 2. The van der Waals surface area contributed by atoms with E-state index in [0.717, 1.165) is 83.1 Å². The molecule has 1 spiro atoms. The summed E-state index contributed by atoms with van der Waals surface area (Å²) < 4.78 is 8.00. The average Bonchev–Trinajstić information content (AvgIpc) is 3.63. The SMILES string of the molecule is Nc1ncnc2c1c(-c1ccc(Oc3ccccc3)cc1)nn2C1CC2(CCN(c3ccc4c(c3)C(=O)N(C3CCC(=O)NC3=O)C4=O)CC2)C1. The largest absolute Gasteiger partial charge is 0.457 e. The van der Waals surface area contributed by atoms with Crippen molar-refractivity contribution in [2.24, 2.45) is 5.41 Å². The molecule has 1 aliphatic carbocycles. The van der Waals surface area contributed by atoms with E-state index in [1.54, 1.807) is 12.1 Å². The van der Waals surface area contributed by atoms with Crippen LogP contribution in [0.25, 0.3) is 22.3 Å². The topological polar surface area (TPSA) is 166 Å². The van der Waals surface area contributed by atoms with Gasteiger partial charge in [-0.05, 0) is 92.1 Å². The fourth-order valence-corrected chi connectivity index (χ4v) is 8.17. The first kappa shape index (κ1) is 30.9. The van der Waals surface area contributed by atoms with Gasteiger partial charge in [0, 0.05) is 30.8 Å². The van der Waals surface area contributed by atoms with Crippen LogP contribution in [-0.4, -0.2) is 67.4 Å². The van der Waals surface area contributed by atoms with Crippen LogP contribution in [-0.2, 0) is 9.59 Å². The fourth-order valence-electron chi connectivity index (χ4n) is 8.17. The average molecular weight is 683 g/mol. The molecule has 3 fully saturated rings. The van der Waals surface area contributed by atoms with Gasteiger partial charge in [0.1, 0.15) is 35.4 Å². The zero-order chi connectivity index (χ0) is 34.9. The number of anilines is 2. The maximum atomic E-state index is 13.4. The van der Waals surface area contributed by atoms with Gasteiger partial charge in [-0.25, -0.2) is 14.6 Å². The summed E-state index contributed by atoms with van der Waals surface area (Å²) in [5.74, 6) is -0.117. The molecule has 4 amide bonds. The second kappa shape index (κ2) is 11.8. The van der Waals surface area contributed by atoms with Gasteiger partial charge in [0.15, 0.2) is 5.65 Å². The molecular weight excluding hydrogens is 648 g/mol. The number of rotatable bonds is 6. The first-order chi connectivity index (χ1) is 24.8. The number of amides is 4. The molecule has 0 radical (unpaired) electrons. The maximum Gasteiger partial charge on any atom is 0.262 e. The quantitative estimate of drug-likeness (QED) is 0.236. The number of nitrogens with two attached hydrogens (primary N) is 1. The Morgan fingerprint density at radius 3 is 2.31 bits per heavy atom. The summed E-state index contributed by atoms with van der Waals surface area (Å²) in [6.07, 6.45) is 5.58. The Morgan fingerprint density at radius 2 is 1.57 bits per heavy atom. The van der Waals surface area contributed by atoms with E-state index in [1.807, 2.05) is 65.3 Å². The van der Waals surface area contributed by atoms with Crippen LogP contribution in [0, 0.1) is 5.41 Å². The van der Waals surface area contributed by atoms with Crippen molar-refractivity contribution in [3.05, 3.63) is 90.3 Å². The standard InChI is InChI=1S/C38H34N8O5/c39-33-31-32(22-6-9-26(10-7-22)51-25-4-2-1-3-5-25)43-46(34(31)41-21-40-33)24-19-38(20-24)14-16-44(17-15-38)23-8-11-27-28(18-23)37(50)45(36(27)49)29-12-13-30(47)42-35(29)48/h1-11,18,21,24,29H,12-17,19-20H2,(H2,39,40,41)(H,42,47,48). The minimum atomic E-state index is -0.981. The molecule has 1 saturated carbocycles. The molecule has 3 aromatic carbocycles. The summed E-state index contributed by atoms with van der Waals surface area (Å²) in [7, 11) is 0. The van der Waals surface area contributed by atoms with E-state index in [1.165, 1.54) is 6.33 Å². The molecule has 13 heteroatoms. The Bertz CT molecular complexity index is 2240. The normalized spacial score (nSPS) is 20.1. The van der Waals surface area contributed by atoms with Gasteiger partial charge in [-0.2, -0.15) is 5.10 Å². The van der Waals surface area contributed by atoms with E-state index in [0.29, 0.717) is 11.4 Å². The molecule has 13 nitrogen and oxygen atoms in total. The van der Waals surface area contributed by atoms with Crippen molar-refractivity contribution in [2.75, 3.05) is 23.7 Å². The third kappa shape index (κ3) is 5.18. The lowest BCUT2D eigenvalue weighted by molar-refractivity contribution is -0.136. The van der Waals surface area contributed by atoms with Crippen molar-refractivity contribution in [1.29, 1.82) is 0 Å². The van der Waals surface area contributed by atoms with Crippen molar-refractivity contribution >= 4 is 46.2 Å². The number of benzene rings is 3. The van der Waals surface area contributed by atoms with E-state index in [4.69, 9.17) is 15.6 Å². The number of fused-ring (bicyclic) bond motifs is 2. The number of nitrogens with zero attached hydrogens (tertiary/aromatic N) is 6. The molecule has 3 N–H and O–H groups in total. The van der Waals surface area contributed by atoms with Gasteiger partial charge in [0.05, 0.1) is 22.6 Å². The van der Waals surface area contributed by atoms with E-state index < -0.39 is 29.7 Å². The van der Waals surface area contributed by atoms with Crippen molar-refractivity contribution in [1.82, 2.24) is 30.0 Å². The van der Waals surface area contributed by atoms with Crippen LogP contribution in [0.4, 0.5) is 11.5 Å². The van der Waals surface area contributed by atoms with Crippen molar-refractivity contribution in [3.8, 4) is 22.8 Å². The van der Waals surface area contributed by atoms with Crippen LogP contribution < -0.4 is 20.7 Å². The summed E-state index contributed by atoms with van der Waals surface area (Å²) in [6, 6.07) is 21.9. The lowest BCUT2D eigenvalue weighted by Crippen LogP contribution is -2.54. The minimum Gasteiger partial charge on any atom is -0.457 e. The molecule has 51 heavy (non-hydrogen) atoms. The third-order valence-electron chi connectivity index (χ3n) is 10.9. The number of nitrogen functional groups attached to an aromatic ring is 1. The molecule has 9 rings (SSSR count). The summed E-state index contributed by atoms with van der Waals surface area (Å²) >= 11 is 0.